The molecule has 0 atom stereocenters. The summed E-state index contributed by atoms with van der Waals surface area (Å²) < 4.78 is 10.8. The maximum Gasteiger partial charge on any atom is 0.251 e. The van der Waals surface area contributed by atoms with Crippen LogP contribution in [-0.2, 0) is 4.79 Å². The molecule has 6 heteroatoms. The van der Waals surface area contributed by atoms with Crippen molar-refractivity contribution in [3.8, 4) is 11.5 Å². The van der Waals surface area contributed by atoms with Crippen molar-refractivity contribution in [3.63, 3.8) is 0 Å². The summed E-state index contributed by atoms with van der Waals surface area (Å²) in [7, 11) is 1.58. The van der Waals surface area contributed by atoms with Crippen LogP contribution in [0.4, 0.5) is 5.69 Å². The summed E-state index contributed by atoms with van der Waals surface area (Å²) >= 11 is 0. The van der Waals surface area contributed by atoms with Crippen LogP contribution in [0, 0.1) is 5.41 Å². The van der Waals surface area contributed by atoms with E-state index in [2.05, 4.69) is 10.6 Å². The zero-order valence-corrected chi connectivity index (χ0v) is 16.2. The maximum atomic E-state index is 12.3. The van der Waals surface area contributed by atoms with E-state index in [-0.39, 0.29) is 11.8 Å². The fourth-order valence-corrected chi connectivity index (χ4v) is 2.22. The molecule has 0 saturated carbocycles. The van der Waals surface area contributed by atoms with Crippen molar-refractivity contribution in [2.24, 2.45) is 5.41 Å². The number of anilines is 1. The largest absolute Gasteiger partial charge is 0.493 e. The van der Waals surface area contributed by atoms with Crippen molar-refractivity contribution in [3.05, 3.63) is 54.1 Å². The smallest absolute Gasteiger partial charge is 0.251 e. The van der Waals surface area contributed by atoms with Gasteiger partial charge in [0.05, 0.1) is 13.7 Å². The van der Waals surface area contributed by atoms with Gasteiger partial charge in [-0.3, -0.25) is 9.59 Å². The fraction of sp³-hybridized carbons (Fsp3) is 0.333. The zero-order valence-electron chi connectivity index (χ0n) is 16.2. The van der Waals surface area contributed by atoms with E-state index in [1.807, 2.05) is 45.0 Å². The lowest BCUT2D eigenvalue weighted by molar-refractivity contribution is -0.123. The topological polar surface area (TPSA) is 76.7 Å². The molecule has 0 aromatic heterocycles. The molecule has 2 N–H and O–H groups in total. The van der Waals surface area contributed by atoms with Gasteiger partial charge in [0.15, 0.2) is 11.5 Å². The molecule has 2 amide bonds. The molecule has 0 saturated heterocycles. The third kappa shape index (κ3) is 6.02. The number of amides is 2. The zero-order chi connectivity index (χ0) is 19.9. The molecule has 0 spiro atoms. The van der Waals surface area contributed by atoms with Gasteiger partial charge in [-0.15, -0.1) is 0 Å². The molecule has 0 unspecified atom stereocenters. The molecule has 0 radical (unpaired) electrons. The Morgan fingerprint density at radius 2 is 1.70 bits per heavy atom. The summed E-state index contributed by atoms with van der Waals surface area (Å²) in [4.78, 5) is 24.4. The minimum absolute atomic E-state index is 0.106. The first-order valence-corrected chi connectivity index (χ1v) is 8.77. The molecular weight excluding hydrogens is 344 g/mol. The molecular formula is C21H26N2O4. The van der Waals surface area contributed by atoms with E-state index in [1.54, 1.807) is 31.4 Å². The summed E-state index contributed by atoms with van der Waals surface area (Å²) in [5.74, 6) is 0.933. The highest BCUT2D eigenvalue weighted by molar-refractivity contribution is 5.98. The highest BCUT2D eigenvalue weighted by Crippen LogP contribution is 2.25. The maximum absolute atomic E-state index is 12.3. The summed E-state index contributed by atoms with van der Waals surface area (Å²) in [5.41, 5.74) is 0.556. The van der Waals surface area contributed by atoms with Crippen LogP contribution in [0.5, 0.6) is 11.5 Å². The molecule has 0 bridgehead atoms. The number of carbonyl (C=O) groups is 2. The van der Waals surface area contributed by atoms with E-state index < -0.39 is 5.41 Å². The highest BCUT2D eigenvalue weighted by atomic mass is 16.5. The molecule has 0 aliphatic heterocycles. The number of benzene rings is 2. The van der Waals surface area contributed by atoms with Crippen molar-refractivity contribution in [1.29, 1.82) is 0 Å². The van der Waals surface area contributed by atoms with Crippen LogP contribution in [0.3, 0.4) is 0 Å². The Kier molecular flexibility index (Phi) is 6.82. The minimum Gasteiger partial charge on any atom is -0.493 e. The molecule has 2 aromatic carbocycles. The van der Waals surface area contributed by atoms with Crippen molar-refractivity contribution >= 4 is 17.5 Å². The van der Waals surface area contributed by atoms with Crippen molar-refractivity contribution < 1.29 is 19.1 Å². The second-order valence-electron chi connectivity index (χ2n) is 7.04. The van der Waals surface area contributed by atoms with E-state index in [4.69, 9.17) is 9.47 Å². The summed E-state index contributed by atoms with van der Waals surface area (Å²) in [6.07, 6.45) is 0. The van der Waals surface area contributed by atoms with E-state index in [9.17, 15) is 9.59 Å². The second-order valence-corrected chi connectivity index (χ2v) is 7.04. The van der Waals surface area contributed by atoms with E-state index in [0.29, 0.717) is 35.9 Å². The Morgan fingerprint density at radius 1 is 1.00 bits per heavy atom. The molecule has 0 heterocycles. The van der Waals surface area contributed by atoms with E-state index >= 15 is 0 Å². The van der Waals surface area contributed by atoms with Gasteiger partial charge in [0.1, 0.15) is 6.61 Å². The van der Waals surface area contributed by atoms with Crippen LogP contribution in [-0.4, -0.2) is 32.1 Å². The Hall–Kier alpha value is -3.02. The Labute approximate surface area is 159 Å². The van der Waals surface area contributed by atoms with Gasteiger partial charge in [-0.05, 0) is 30.3 Å². The first-order valence-electron chi connectivity index (χ1n) is 8.77. The third-order valence-corrected chi connectivity index (χ3v) is 3.78. The molecule has 0 aliphatic carbocycles. The second kappa shape index (κ2) is 9.07. The van der Waals surface area contributed by atoms with Crippen LogP contribution in [0.1, 0.15) is 31.1 Å². The number of hydrogen-bond acceptors (Lipinski definition) is 4. The quantitative estimate of drug-likeness (QED) is 0.732. The predicted octanol–water partition coefficient (Wildman–Crippen LogP) is 3.49. The van der Waals surface area contributed by atoms with Gasteiger partial charge in [-0.1, -0.05) is 39.0 Å². The van der Waals surface area contributed by atoms with Crippen LogP contribution in [0.2, 0.25) is 0 Å². The van der Waals surface area contributed by atoms with E-state index in [1.165, 1.54) is 0 Å². The van der Waals surface area contributed by atoms with Crippen molar-refractivity contribution in [2.45, 2.75) is 20.8 Å². The molecule has 2 rings (SSSR count). The molecule has 144 valence electrons. The summed E-state index contributed by atoms with van der Waals surface area (Å²) in [5, 5.41) is 5.62. The third-order valence-electron chi connectivity index (χ3n) is 3.78. The van der Waals surface area contributed by atoms with Gasteiger partial charge >= 0.3 is 0 Å². The van der Waals surface area contributed by atoms with Crippen LogP contribution in [0.25, 0.3) is 0 Å². The number of methoxy groups -OCH3 is 1. The lowest BCUT2D eigenvalue weighted by Crippen LogP contribution is -2.29. The highest BCUT2D eigenvalue weighted by Gasteiger charge is 2.21. The summed E-state index contributed by atoms with van der Waals surface area (Å²) in [6, 6.07) is 14.2. The number of ether oxygens (including phenoxy) is 2. The normalized spacial score (nSPS) is 10.8. The lowest BCUT2D eigenvalue weighted by Gasteiger charge is -2.18. The van der Waals surface area contributed by atoms with Gasteiger partial charge in [0, 0.05) is 16.7 Å². The first-order chi connectivity index (χ1) is 12.8. The SMILES string of the molecule is COc1ccccc1OCCNC(=O)c1cccc(NC(=O)C(C)(C)C)c1. The number of carbonyl (C=O) groups excluding carboxylic acids is 2. The average Bonchev–Trinajstić information content (AvgIpc) is 2.64. The fourth-order valence-electron chi connectivity index (χ4n) is 2.22. The molecule has 6 nitrogen and oxygen atoms in total. The number of para-hydroxylation sites is 2. The van der Waals surface area contributed by atoms with Gasteiger partial charge < -0.3 is 20.1 Å². The van der Waals surface area contributed by atoms with Gasteiger partial charge in [-0.2, -0.15) is 0 Å². The number of rotatable bonds is 7. The monoisotopic (exact) mass is 370 g/mol. The van der Waals surface area contributed by atoms with Crippen LogP contribution in [0.15, 0.2) is 48.5 Å². The van der Waals surface area contributed by atoms with Crippen molar-refractivity contribution in [1.82, 2.24) is 5.32 Å². The van der Waals surface area contributed by atoms with Gasteiger partial charge in [0.2, 0.25) is 5.91 Å². The van der Waals surface area contributed by atoms with Crippen LogP contribution < -0.4 is 20.1 Å². The predicted molar refractivity (Wildman–Crippen MR) is 105 cm³/mol. The van der Waals surface area contributed by atoms with E-state index in [0.717, 1.165) is 0 Å². The van der Waals surface area contributed by atoms with Gasteiger partial charge in [0.25, 0.3) is 5.91 Å². The summed E-state index contributed by atoms with van der Waals surface area (Å²) in [6.45, 7) is 6.16. The minimum atomic E-state index is -0.506. The molecule has 0 aliphatic rings. The number of nitrogens with one attached hydrogen (secondary N) is 2. The Balaban J connectivity index is 1.87. The molecule has 0 fully saturated rings. The van der Waals surface area contributed by atoms with Crippen LogP contribution >= 0.6 is 0 Å². The Morgan fingerprint density at radius 3 is 2.37 bits per heavy atom. The van der Waals surface area contributed by atoms with Crippen molar-refractivity contribution in [2.75, 3.05) is 25.6 Å². The lowest BCUT2D eigenvalue weighted by atomic mass is 9.95. The number of hydrogen-bond donors (Lipinski definition) is 2. The van der Waals surface area contributed by atoms with Gasteiger partial charge in [-0.25, -0.2) is 0 Å². The molecule has 2 aromatic rings. The average molecular weight is 370 g/mol. The standard InChI is InChI=1S/C21H26N2O4/c1-21(2,3)20(25)23-16-9-7-8-15(14-16)19(24)22-12-13-27-18-11-6-5-10-17(18)26-4/h5-11,14H,12-13H2,1-4H3,(H,22,24)(H,23,25). The molecule has 27 heavy (non-hydrogen) atoms. The Bertz CT molecular complexity index is 797. The first kappa shape index (κ1) is 20.3.